The SMILES string of the molecule is Cc1cc2ncn(-c3ccc(C(=N)N)c(C)c3)c2cc1C. The number of nitrogen functional groups attached to an aromatic ring is 1. The third-order valence-corrected chi connectivity index (χ3v) is 3.94. The first-order chi connectivity index (χ1) is 9.97. The highest BCUT2D eigenvalue weighted by Gasteiger charge is 2.09. The first-order valence-corrected chi connectivity index (χ1v) is 6.87. The Morgan fingerprint density at radius 1 is 1.05 bits per heavy atom. The van der Waals surface area contributed by atoms with Gasteiger partial charge in [0.2, 0.25) is 0 Å². The smallest absolute Gasteiger partial charge is 0.123 e. The highest BCUT2D eigenvalue weighted by atomic mass is 15.0. The summed E-state index contributed by atoms with van der Waals surface area (Å²) < 4.78 is 2.07. The summed E-state index contributed by atoms with van der Waals surface area (Å²) in [6, 6.07) is 10.2. The molecule has 0 atom stereocenters. The maximum atomic E-state index is 7.56. The van der Waals surface area contributed by atoms with Gasteiger partial charge in [0.05, 0.1) is 11.0 Å². The van der Waals surface area contributed by atoms with Gasteiger partial charge in [0.1, 0.15) is 12.2 Å². The van der Waals surface area contributed by atoms with Crippen LogP contribution in [0.2, 0.25) is 0 Å². The van der Waals surface area contributed by atoms with Crippen molar-refractivity contribution in [3.8, 4) is 5.69 Å². The molecule has 3 rings (SSSR count). The van der Waals surface area contributed by atoms with Crippen molar-refractivity contribution in [1.82, 2.24) is 9.55 Å². The normalized spacial score (nSPS) is 11.0. The molecule has 0 radical (unpaired) electrons. The maximum absolute atomic E-state index is 7.56. The van der Waals surface area contributed by atoms with Crippen molar-refractivity contribution in [2.24, 2.45) is 5.73 Å². The summed E-state index contributed by atoms with van der Waals surface area (Å²) in [6.45, 7) is 6.17. The molecule has 0 saturated carbocycles. The van der Waals surface area contributed by atoms with E-state index in [1.165, 1.54) is 11.1 Å². The molecule has 0 saturated heterocycles. The third-order valence-electron chi connectivity index (χ3n) is 3.94. The lowest BCUT2D eigenvalue weighted by molar-refractivity contribution is 1.08. The molecule has 21 heavy (non-hydrogen) atoms. The van der Waals surface area contributed by atoms with Crippen LogP contribution in [0.25, 0.3) is 16.7 Å². The monoisotopic (exact) mass is 278 g/mol. The first-order valence-electron chi connectivity index (χ1n) is 6.87. The molecule has 4 heteroatoms. The fraction of sp³-hybridized carbons (Fsp3) is 0.176. The van der Waals surface area contributed by atoms with Gasteiger partial charge in [0.25, 0.3) is 0 Å². The summed E-state index contributed by atoms with van der Waals surface area (Å²) in [7, 11) is 0. The molecule has 0 amide bonds. The van der Waals surface area contributed by atoms with E-state index in [1.807, 2.05) is 31.5 Å². The summed E-state index contributed by atoms with van der Waals surface area (Å²) in [5.74, 6) is 0.0982. The van der Waals surface area contributed by atoms with Gasteiger partial charge in [-0.05, 0) is 67.8 Å². The number of rotatable bonds is 2. The Morgan fingerprint density at radius 2 is 1.76 bits per heavy atom. The molecule has 1 heterocycles. The van der Waals surface area contributed by atoms with E-state index in [4.69, 9.17) is 11.1 Å². The number of nitrogens with two attached hydrogens (primary N) is 1. The van der Waals surface area contributed by atoms with Crippen LogP contribution < -0.4 is 5.73 Å². The van der Waals surface area contributed by atoms with Crippen LogP contribution in [0, 0.1) is 26.2 Å². The number of benzene rings is 2. The molecule has 0 aliphatic rings. The fourth-order valence-electron chi connectivity index (χ4n) is 2.57. The van der Waals surface area contributed by atoms with Crippen LogP contribution in [0.15, 0.2) is 36.7 Å². The molecule has 4 nitrogen and oxygen atoms in total. The highest BCUT2D eigenvalue weighted by molar-refractivity contribution is 5.96. The molecule has 3 aromatic rings. The summed E-state index contributed by atoms with van der Waals surface area (Å²) in [4.78, 5) is 4.48. The van der Waals surface area contributed by atoms with Crippen LogP contribution in [0.5, 0.6) is 0 Å². The van der Waals surface area contributed by atoms with E-state index in [0.29, 0.717) is 0 Å². The molecule has 0 unspecified atom stereocenters. The van der Waals surface area contributed by atoms with Crippen molar-refractivity contribution in [1.29, 1.82) is 5.41 Å². The zero-order chi connectivity index (χ0) is 15.1. The van der Waals surface area contributed by atoms with Gasteiger partial charge in [-0.3, -0.25) is 9.98 Å². The number of aromatic nitrogens is 2. The molecule has 0 bridgehead atoms. The first kappa shape index (κ1) is 13.4. The molecule has 3 N–H and O–H groups in total. The van der Waals surface area contributed by atoms with E-state index < -0.39 is 0 Å². The number of aryl methyl sites for hydroxylation is 3. The van der Waals surface area contributed by atoms with Crippen molar-refractivity contribution >= 4 is 16.9 Å². The second kappa shape index (κ2) is 4.74. The Hall–Kier alpha value is -2.62. The number of imidazole rings is 1. The number of nitrogens with one attached hydrogen (secondary N) is 1. The van der Waals surface area contributed by atoms with Crippen molar-refractivity contribution in [3.63, 3.8) is 0 Å². The van der Waals surface area contributed by atoms with Crippen LogP contribution in [-0.2, 0) is 0 Å². The van der Waals surface area contributed by atoms with Crippen molar-refractivity contribution in [2.45, 2.75) is 20.8 Å². The fourth-order valence-corrected chi connectivity index (χ4v) is 2.57. The minimum atomic E-state index is 0.0982. The van der Waals surface area contributed by atoms with Gasteiger partial charge >= 0.3 is 0 Å². The topological polar surface area (TPSA) is 67.7 Å². The van der Waals surface area contributed by atoms with Gasteiger partial charge in [-0.25, -0.2) is 4.98 Å². The van der Waals surface area contributed by atoms with E-state index in [-0.39, 0.29) is 5.84 Å². The zero-order valence-corrected chi connectivity index (χ0v) is 12.4. The van der Waals surface area contributed by atoms with Crippen LogP contribution >= 0.6 is 0 Å². The van der Waals surface area contributed by atoms with Crippen LogP contribution in [0.1, 0.15) is 22.3 Å². The quantitative estimate of drug-likeness (QED) is 0.558. The van der Waals surface area contributed by atoms with Gasteiger partial charge in [0, 0.05) is 11.3 Å². The Kier molecular flexibility index (Phi) is 3.01. The van der Waals surface area contributed by atoms with E-state index in [2.05, 4.69) is 35.5 Å². The van der Waals surface area contributed by atoms with Gasteiger partial charge < -0.3 is 5.73 Å². The Morgan fingerprint density at radius 3 is 2.43 bits per heavy atom. The van der Waals surface area contributed by atoms with Crippen LogP contribution in [0.3, 0.4) is 0 Å². The largest absolute Gasteiger partial charge is 0.384 e. The predicted octanol–water partition coefficient (Wildman–Crippen LogP) is 3.23. The number of hydrogen-bond acceptors (Lipinski definition) is 2. The molecule has 2 aromatic carbocycles. The Labute approximate surface area is 123 Å². The minimum absolute atomic E-state index is 0.0982. The minimum Gasteiger partial charge on any atom is -0.384 e. The molecule has 0 aliphatic carbocycles. The molecular formula is C17H18N4. The number of hydrogen-bond donors (Lipinski definition) is 2. The molecule has 0 fully saturated rings. The van der Waals surface area contributed by atoms with Gasteiger partial charge in [0.15, 0.2) is 0 Å². The maximum Gasteiger partial charge on any atom is 0.123 e. The summed E-state index contributed by atoms with van der Waals surface area (Å²) in [6.07, 6.45) is 1.84. The number of fused-ring (bicyclic) bond motifs is 1. The lowest BCUT2D eigenvalue weighted by atomic mass is 10.1. The Balaban J connectivity index is 2.19. The van der Waals surface area contributed by atoms with Crippen LogP contribution in [-0.4, -0.2) is 15.4 Å². The van der Waals surface area contributed by atoms with Crippen LogP contribution in [0.4, 0.5) is 0 Å². The summed E-state index contributed by atoms with van der Waals surface area (Å²) >= 11 is 0. The van der Waals surface area contributed by atoms with Gasteiger partial charge in [-0.15, -0.1) is 0 Å². The van der Waals surface area contributed by atoms with Crippen molar-refractivity contribution < 1.29 is 0 Å². The van der Waals surface area contributed by atoms with E-state index in [0.717, 1.165) is 27.8 Å². The summed E-state index contributed by atoms with van der Waals surface area (Å²) in [5.41, 5.74) is 13.0. The second-order valence-electron chi connectivity index (χ2n) is 5.45. The molecular weight excluding hydrogens is 260 g/mol. The lowest BCUT2D eigenvalue weighted by Gasteiger charge is -2.09. The zero-order valence-electron chi connectivity index (χ0n) is 12.4. The molecule has 0 aliphatic heterocycles. The average molecular weight is 278 g/mol. The van der Waals surface area contributed by atoms with Crippen molar-refractivity contribution in [3.05, 3.63) is 58.9 Å². The van der Waals surface area contributed by atoms with Gasteiger partial charge in [-0.2, -0.15) is 0 Å². The highest BCUT2D eigenvalue weighted by Crippen LogP contribution is 2.23. The van der Waals surface area contributed by atoms with E-state index in [9.17, 15) is 0 Å². The van der Waals surface area contributed by atoms with Crippen molar-refractivity contribution in [2.75, 3.05) is 0 Å². The van der Waals surface area contributed by atoms with E-state index in [1.54, 1.807) is 0 Å². The molecule has 0 spiro atoms. The average Bonchev–Trinajstić information content (AvgIpc) is 2.81. The van der Waals surface area contributed by atoms with Gasteiger partial charge in [-0.1, -0.05) is 0 Å². The number of nitrogens with zero attached hydrogens (tertiary/aromatic N) is 2. The standard InChI is InChI=1S/C17H18N4/c1-10-7-15-16(8-11(10)2)21(9-20-15)13-4-5-14(17(18)19)12(3)6-13/h4-9H,1-3H3,(H3,18,19). The number of amidine groups is 1. The van der Waals surface area contributed by atoms with E-state index >= 15 is 0 Å². The molecule has 1 aromatic heterocycles. The second-order valence-corrected chi connectivity index (χ2v) is 5.45. The summed E-state index contributed by atoms with van der Waals surface area (Å²) in [5, 5.41) is 7.56. The third kappa shape index (κ3) is 2.18. The predicted molar refractivity (Wildman–Crippen MR) is 86.3 cm³/mol. The Bertz CT molecular complexity index is 859. The lowest BCUT2D eigenvalue weighted by Crippen LogP contribution is -2.12. The molecule has 106 valence electrons.